The van der Waals surface area contributed by atoms with Gasteiger partial charge in [0.1, 0.15) is 24.7 Å². The van der Waals surface area contributed by atoms with Crippen LogP contribution in [0.15, 0.2) is 12.5 Å². The summed E-state index contributed by atoms with van der Waals surface area (Å²) in [5.41, 5.74) is 0. The van der Waals surface area contributed by atoms with Crippen molar-refractivity contribution < 1.29 is 24.9 Å². The van der Waals surface area contributed by atoms with Crippen LogP contribution in [0.2, 0.25) is 0 Å². The van der Waals surface area contributed by atoms with Crippen molar-refractivity contribution >= 4 is 5.91 Å². The van der Waals surface area contributed by atoms with Crippen LogP contribution in [0.4, 0.5) is 0 Å². The second-order valence-corrected chi connectivity index (χ2v) is 4.11. The number of hydrogen-bond acceptors (Lipinski definition) is 5. The minimum absolute atomic E-state index is 0.0238. The van der Waals surface area contributed by atoms with Crippen LogP contribution in [-0.2, 0) is 9.53 Å². The highest BCUT2D eigenvalue weighted by Crippen LogP contribution is 2.15. The summed E-state index contributed by atoms with van der Waals surface area (Å²) in [5, 5.41) is 29.7. The molecule has 0 aliphatic heterocycles. The van der Waals surface area contributed by atoms with Gasteiger partial charge in [-0.05, 0) is 5.92 Å². The lowest BCUT2D eigenvalue weighted by molar-refractivity contribution is -0.123. The third-order valence-corrected chi connectivity index (χ3v) is 2.28. The van der Waals surface area contributed by atoms with Crippen LogP contribution in [0.3, 0.4) is 0 Å². The van der Waals surface area contributed by atoms with E-state index in [4.69, 9.17) is 14.9 Å². The molecule has 0 radical (unpaired) electrons. The fourth-order valence-corrected chi connectivity index (χ4v) is 1.53. The van der Waals surface area contributed by atoms with E-state index in [1.54, 1.807) is 0 Å². The fourth-order valence-electron chi connectivity index (χ4n) is 1.53. The Morgan fingerprint density at radius 1 is 1.47 bits per heavy atom. The first-order chi connectivity index (χ1) is 7.93. The number of amides is 1. The Hall–Kier alpha value is -1.27. The Morgan fingerprint density at radius 3 is 2.41 bits per heavy atom. The van der Waals surface area contributed by atoms with Gasteiger partial charge in [0, 0.05) is 6.92 Å². The molecule has 0 rings (SSSR count). The van der Waals surface area contributed by atoms with Gasteiger partial charge in [0.25, 0.3) is 0 Å². The number of aliphatic hydroxyl groups is 3. The van der Waals surface area contributed by atoms with E-state index in [9.17, 15) is 9.90 Å². The number of carbonyl (C=O) groups is 1. The quantitative estimate of drug-likeness (QED) is 0.471. The number of carbonyl (C=O) groups excluding carboxylic acids is 1. The Kier molecular flexibility index (Phi) is 7.32. The van der Waals surface area contributed by atoms with E-state index in [-0.39, 0.29) is 11.8 Å². The molecule has 0 bridgehead atoms. The SMILES string of the molecule is CC(=O)NC(C(O)CO)[C@@H](O/C=C\O)C(C)C. The molecule has 0 aliphatic carbocycles. The van der Waals surface area contributed by atoms with Gasteiger partial charge in [-0.1, -0.05) is 13.8 Å². The lowest BCUT2D eigenvalue weighted by Gasteiger charge is -2.32. The second-order valence-electron chi connectivity index (χ2n) is 4.11. The number of aliphatic hydroxyl groups excluding tert-OH is 3. The highest BCUT2D eigenvalue weighted by atomic mass is 16.5. The summed E-state index contributed by atoms with van der Waals surface area (Å²) >= 11 is 0. The molecule has 6 heteroatoms. The molecule has 1 amide bonds. The average Bonchev–Trinajstić information content (AvgIpc) is 2.26. The van der Waals surface area contributed by atoms with Gasteiger partial charge >= 0.3 is 0 Å². The lowest BCUT2D eigenvalue weighted by Crippen LogP contribution is -2.53. The molecule has 0 saturated carbocycles. The largest absolute Gasteiger partial charge is 0.512 e. The van der Waals surface area contributed by atoms with Crippen molar-refractivity contribution in [2.75, 3.05) is 6.61 Å². The summed E-state index contributed by atoms with van der Waals surface area (Å²) in [6, 6.07) is -0.742. The van der Waals surface area contributed by atoms with Gasteiger partial charge in [-0.25, -0.2) is 0 Å². The summed E-state index contributed by atoms with van der Waals surface area (Å²) in [6.07, 6.45) is 0.123. The second kappa shape index (κ2) is 7.92. The van der Waals surface area contributed by atoms with Gasteiger partial charge in [0.15, 0.2) is 0 Å². The molecule has 0 aromatic rings. The van der Waals surface area contributed by atoms with Gasteiger partial charge in [0.2, 0.25) is 5.91 Å². The lowest BCUT2D eigenvalue weighted by atomic mass is 9.95. The molecule has 6 nitrogen and oxygen atoms in total. The van der Waals surface area contributed by atoms with E-state index in [1.807, 2.05) is 13.8 Å². The summed E-state index contributed by atoms with van der Waals surface area (Å²) < 4.78 is 5.22. The van der Waals surface area contributed by atoms with Crippen LogP contribution in [0, 0.1) is 5.92 Å². The predicted octanol–water partition coefficient (Wildman–Crippen LogP) is -0.0853. The van der Waals surface area contributed by atoms with Crippen LogP contribution in [0.25, 0.3) is 0 Å². The molecular weight excluding hydrogens is 226 g/mol. The van der Waals surface area contributed by atoms with Crippen molar-refractivity contribution in [1.29, 1.82) is 0 Å². The molecule has 0 saturated heterocycles. The van der Waals surface area contributed by atoms with Crippen LogP contribution in [0.5, 0.6) is 0 Å². The van der Waals surface area contributed by atoms with Gasteiger partial charge in [-0.3, -0.25) is 4.79 Å². The smallest absolute Gasteiger partial charge is 0.217 e. The molecule has 100 valence electrons. The highest BCUT2D eigenvalue weighted by molar-refractivity contribution is 5.73. The van der Waals surface area contributed by atoms with Crippen molar-refractivity contribution in [3.63, 3.8) is 0 Å². The van der Waals surface area contributed by atoms with Crippen LogP contribution in [-0.4, -0.2) is 46.1 Å². The van der Waals surface area contributed by atoms with Crippen molar-refractivity contribution in [2.45, 2.75) is 39.0 Å². The summed E-state index contributed by atoms with van der Waals surface area (Å²) in [5.74, 6) is -0.353. The molecule has 0 aliphatic rings. The van der Waals surface area contributed by atoms with E-state index < -0.39 is 24.9 Å². The zero-order valence-electron chi connectivity index (χ0n) is 10.3. The maximum atomic E-state index is 11.0. The first-order valence-corrected chi connectivity index (χ1v) is 5.44. The minimum atomic E-state index is -1.13. The third-order valence-electron chi connectivity index (χ3n) is 2.28. The zero-order chi connectivity index (χ0) is 13.4. The Labute approximate surface area is 101 Å². The van der Waals surface area contributed by atoms with Gasteiger partial charge in [0.05, 0.1) is 12.6 Å². The summed E-state index contributed by atoms with van der Waals surface area (Å²) in [6.45, 7) is 4.51. The topological polar surface area (TPSA) is 99.0 Å². The summed E-state index contributed by atoms with van der Waals surface area (Å²) in [4.78, 5) is 11.0. The van der Waals surface area contributed by atoms with Crippen molar-refractivity contribution in [2.24, 2.45) is 5.92 Å². The maximum Gasteiger partial charge on any atom is 0.217 e. The molecule has 0 aromatic carbocycles. The first kappa shape index (κ1) is 15.7. The normalized spacial score (nSPS) is 16.8. The van der Waals surface area contributed by atoms with Gasteiger partial charge < -0.3 is 25.4 Å². The van der Waals surface area contributed by atoms with E-state index in [2.05, 4.69) is 5.32 Å². The Bertz CT molecular complexity index is 254. The number of ether oxygens (including phenoxy) is 1. The Morgan fingerprint density at radius 2 is 2.06 bits per heavy atom. The number of nitrogens with one attached hydrogen (secondary N) is 1. The standard InChI is InChI=1S/C11H21NO5/c1-7(2)11(17-5-4-13)10(9(16)6-14)12-8(3)15/h4-5,7,9-11,13-14,16H,6H2,1-3H3,(H,12,15)/b5-4-/t9?,10?,11-/m0/s1. The van der Waals surface area contributed by atoms with E-state index in [1.165, 1.54) is 6.92 Å². The monoisotopic (exact) mass is 247 g/mol. The molecule has 2 unspecified atom stereocenters. The summed E-state index contributed by atoms with van der Waals surface area (Å²) in [7, 11) is 0. The minimum Gasteiger partial charge on any atom is -0.512 e. The third kappa shape index (κ3) is 5.55. The van der Waals surface area contributed by atoms with Gasteiger partial charge in [-0.15, -0.1) is 0 Å². The molecule has 3 atom stereocenters. The first-order valence-electron chi connectivity index (χ1n) is 5.44. The maximum absolute atomic E-state index is 11.0. The van der Waals surface area contributed by atoms with Crippen LogP contribution >= 0.6 is 0 Å². The molecule has 4 N–H and O–H groups in total. The number of hydrogen-bond donors (Lipinski definition) is 4. The zero-order valence-corrected chi connectivity index (χ0v) is 10.3. The van der Waals surface area contributed by atoms with Crippen LogP contribution in [0.1, 0.15) is 20.8 Å². The highest BCUT2D eigenvalue weighted by Gasteiger charge is 2.32. The molecule has 17 heavy (non-hydrogen) atoms. The molecular formula is C11H21NO5. The van der Waals surface area contributed by atoms with E-state index in [0.717, 1.165) is 12.5 Å². The van der Waals surface area contributed by atoms with E-state index in [0.29, 0.717) is 0 Å². The van der Waals surface area contributed by atoms with Crippen molar-refractivity contribution in [1.82, 2.24) is 5.32 Å². The van der Waals surface area contributed by atoms with Crippen LogP contribution < -0.4 is 5.32 Å². The van der Waals surface area contributed by atoms with Crippen molar-refractivity contribution in [3.8, 4) is 0 Å². The molecule has 0 heterocycles. The van der Waals surface area contributed by atoms with E-state index >= 15 is 0 Å². The average molecular weight is 247 g/mol. The predicted molar refractivity (Wildman–Crippen MR) is 62.2 cm³/mol. The van der Waals surface area contributed by atoms with Crippen molar-refractivity contribution in [3.05, 3.63) is 12.5 Å². The molecule has 0 spiro atoms. The molecule has 0 aromatic heterocycles. The Balaban J connectivity index is 4.84. The molecule has 0 fully saturated rings. The number of rotatable bonds is 7. The fraction of sp³-hybridized carbons (Fsp3) is 0.727. The van der Waals surface area contributed by atoms with Gasteiger partial charge in [-0.2, -0.15) is 0 Å².